The summed E-state index contributed by atoms with van der Waals surface area (Å²) in [4.78, 5) is 2.52. The number of methoxy groups -OCH3 is 3. The van der Waals surface area contributed by atoms with Crippen LogP contribution in [0.3, 0.4) is 0 Å². The number of piperidine rings is 1. The molecule has 37 heavy (non-hydrogen) atoms. The van der Waals surface area contributed by atoms with Crippen LogP contribution in [0.15, 0.2) is 72.3 Å². The summed E-state index contributed by atoms with van der Waals surface area (Å²) in [6.45, 7) is 3.01. The smallest absolute Gasteiger partial charge is 0.203 e. The second kappa shape index (κ2) is 12.2. The lowest BCUT2D eigenvalue weighted by Gasteiger charge is -2.29. The van der Waals surface area contributed by atoms with Crippen molar-refractivity contribution in [2.45, 2.75) is 12.8 Å². The Kier molecular flexibility index (Phi) is 8.75. The van der Waals surface area contributed by atoms with E-state index >= 15 is 0 Å². The fourth-order valence-electron chi connectivity index (χ4n) is 5.24. The molecule has 1 aliphatic carbocycles. The van der Waals surface area contributed by atoms with E-state index in [4.69, 9.17) is 14.2 Å². The maximum Gasteiger partial charge on any atom is 0.203 e. The lowest BCUT2D eigenvalue weighted by Crippen LogP contribution is -2.31. The van der Waals surface area contributed by atoms with E-state index < -0.39 is 0 Å². The van der Waals surface area contributed by atoms with Crippen LogP contribution in [0.1, 0.15) is 40.7 Å². The van der Waals surface area contributed by atoms with Crippen molar-refractivity contribution in [3.63, 3.8) is 0 Å². The van der Waals surface area contributed by atoms with Crippen molar-refractivity contribution in [2.24, 2.45) is 0 Å². The maximum atomic E-state index is 5.49. The molecule has 0 saturated carbocycles. The van der Waals surface area contributed by atoms with Crippen LogP contribution in [0.5, 0.6) is 17.2 Å². The van der Waals surface area contributed by atoms with Gasteiger partial charge >= 0.3 is 0 Å². The zero-order valence-electron chi connectivity index (χ0n) is 21.7. The number of ether oxygens (including phenoxy) is 3. The van der Waals surface area contributed by atoms with Gasteiger partial charge in [0.2, 0.25) is 5.75 Å². The molecular weight excluding hydrogens is 482 g/mol. The lowest BCUT2D eigenvalue weighted by atomic mass is 9.86. The van der Waals surface area contributed by atoms with E-state index in [0.29, 0.717) is 17.2 Å². The van der Waals surface area contributed by atoms with E-state index in [2.05, 4.69) is 77.7 Å². The van der Waals surface area contributed by atoms with Gasteiger partial charge in [-0.1, -0.05) is 78.4 Å². The minimum Gasteiger partial charge on any atom is -0.493 e. The summed E-state index contributed by atoms with van der Waals surface area (Å²) in [5.41, 5.74) is 9.32. The molecule has 192 valence electrons. The summed E-state index contributed by atoms with van der Waals surface area (Å²) >= 11 is 0. The normalized spacial score (nSPS) is 15.0. The van der Waals surface area contributed by atoms with Crippen LogP contribution in [0.25, 0.3) is 23.8 Å². The van der Waals surface area contributed by atoms with Crippen LogP contribution < -0.4 is 14.2 Å². The standard InChI is InChI=1S/C32H33NO3.ClH/c1-34-29-21-23(22-30(35-2)32(29)36-3)9-8-18-33-19-16-26(17-20-33)31-27-12-6-4-10-24(27)14-15-25-11-5-7-13-28(25)31;/h4-15,21-22H,16-20H2,1-3H3;1H/b9-8+;. The van der Waals surface area contributed by atoms with E-state index in [9.17, 15) is 0 Å². The summed E-state index contributed by atoms with van der Waals surface area (Å²) in [6, 6.07) is 21.5. The third-order valence-electron chi connectivity index (χ3n) is 7.08. The molecule has 1 fully saturated rings. The number of halogens is 1. The Morgan fingerprint density at radius 1 is 0.757 bits per heavy atom. The number of nitrogens with zero attached hydrogens (tertiary/aromatic N) is 1. The molecule has 0 amide bonds. The maximum absolute atomic E-state index is 5.49. The van der Waals surface area contributed by atoms with E-state index in [1.807, 2.05) is 12.1 Å². The lowest BCUT2D eigenvalue weighted by molar-refractivity contribution is 0.284. The Balaban J connectivity index is 0.00000320. The van der Waals surface area contributed by atoms with Gasteiger partial charge < -0.3 is 14.2 Å². The first-order valence-corrected chi connectivity index (χ1v) is 12.5. The molecule has 0 radical (unpaired) electrons. The fourth-order valence-corrected chi connectivity index (χ4v) is 5.24. The van der Waals surface area contributed by atoms with Gasteiger partial charge in [-0.2, -0.15) is 0 Å². The van der Waals surface area contributed by atoms with Crippen molar-refractivity contribution in [1.29, 1.82) is 0 Å². The summed E-state index contributed by atoms with van der Waals surface area (Å²) in [7, 11) is 4.91. The Bertz CT molecular complexity index is 1250. The zero-order chi connectivity index (χ0) is 24.9. The van der Waals surface area contributed by atoms with Gasteiger partial charge in [0.25, 0.3) is 0 Å². The molecule has 2 aliphatic rings. The molecule has 3 aromatic carbocycles. The minimum atomic E-state index is 0. The first-order valence-electron chi connectivity index (χ1n) is 12.5. The van der Waals surface area contributed by atoms with Crippen LogP contribution in [0.4, 0.5) is 0 Å². The van der Waals surface area contributed by atoms with Gasteiger partial charge in [-0.15, -0.1) is 12.4 Å². The van der Waals surface area contributed by atoms with Gasteiger partial charge in [0.05, 0.1) is 21.3 Å². The number of fused-ring (bicyclic) bond motifs is 2. The Morgan fingerprint density at radius 3 is 1.81 bits per heavy atom. The van der Waals surface area contributed by atoms with Crippen LogP contribution in [0.2, 0.25) is 0 Å². The second-order valence-electron chi connectivity index (χ2n) is 9.15. The molecule has 5 heteroatoms. The predicted molar refractivity (Wildman–Crippen MR) is 156 cm³/mol. The van der Waals surface area contributed by atoms with Crippen molar-refractivity contribution >= 4 is 36.2 Å². The molecule has 0 aromatic heterocycles. The number of hydrogen-bond acceptors (Lipinski definition) is 4. The van der Waals surface area contributed by atoms with Crippen molar-refractivity contribution in [3.05, 3.63) is 100 Å². The molecule has 3 aromatic rings. The molecular formula is C32H34ClNO3. The van der Waals surface area contributed by atoms with Crippen molar-refractivity contribution < 1.29 is 14.2 Å². The summed E-state index contributed by atoms with van der Waals surface area (Å²) < 4.78 is 16.4. The molecule has 1 saturated heterocycles. The SMILES string of the molecule is COc1cc(/C=C/CN2CCC(=C3c4ccccc4C=Cc4ccccc43)CC2)cc(OC)c1OC.Cl. The van der Waals surface area contributed by atoms with Crippen LogP contribution in [0, 0.1) is 0 Å². The number of benzene rings is 3. The topological polar surface area (TPSA) is 30.9 Å². The van der Waals surface area contributed by atoms with Crippen LogP contribution in [-0.4, -0.2) is 45.9 Å². The molecule has 4 nitrogen and oxygen atoms in total. The highest BCUT2D eigenvalue weighted by molar-refractivity contribution is 5.94. The molecule has 0 spiro atoms. The predicted octanol–water partition coefficient (Wildman–Crippen LogP) is 7.23. The second-order valence-corrected chi connectivity index (χ2v) is 9.15. The molecule has 1 heterocycles. The quantitative estimate of drug-likeness (QED) is 0.271. The average Bonchev–Trinajstić information content (AvgIpc) is 3.10. The molecule has 0 N–H and O–H groups in total. The molecule has 0 bridgehead atoms. The third-order valence-corrected chi connectivity index (χ3v) is 7.08. The first-order chi connectivity index (χ1) is 17.7. The van der Waals surface area contributed by atoms with Crippen LogP contribution in [-0.2, 0) is 0 Å². The third kappa shape index (κ3) is 5.61. The fraction of sp³-hybridized carbons (Fsp3) is 0.250. The van der Waals surface area contributed by atoms with Gasteiger partial charge in [-0.05, 0) is 58.4 Å². The highest BCUT2D eigenvalue weighted by Crippen LogP contribution is 2.40. The zero-order valence-corrected chi connectivity index (χ0v) is 22.5. The van der Waals surface area contributed by atoms with Gasteiger partial charge in [-0.25, -0.2) is 0 Å². The molecule has 0 atom stereocenters. The van der Waals surface area contributed by atoms with E-state index in [-0.39, 0.29) is 12.4 Å². The highest BCUT2D eigenvalue weighted by Gasteiger charge is 2.22. The monoisotopic (exact) mass is 515 g/mol. The van der Waals surface area contributed by atoms with Gasteiger partial charge in [0, 0.05) is 19.6 Å². The largest absolute Gasteiger partial charge is 0.493 e. The van der Waals surface area contributed by atoms with Crippen molar-refractivity contribution in [3.8, 4) is 17.2 Å². The van der Waals surface area contributed by atoms with E-state index in [1.165, 1.54) is 27.8 Å². The minimum absolute atomic E-state index is 0. The van der Waals surface area contributed by atoms with Crippen molar-refractivity contribution in [1.82, 2.24) is 4.90 Å². The molecule has 5 rings (SSSR count). The van der Waals surface area contributed by atoms with E-state index in [0.717, 1.165) is 38.0 Å². The van der Waals surface area contributed by atoms with Gasteiger partial charge in [0.1, 0.15) is 0 Å². The highest BCUT2D eigenvalue weighted by atomic mass is 35.5. The van der Waals surface area contributed by atoms with Gasteiger partial charge in [-0.3, -0.25) is 4.90 Å². The van der Waals surface area contributed by atoms with Gasteiger partial charge in [0.15, 0.2) is 11.5 Å². The average molecular weight is 516 g/mol. The summed E-state index contributed by atoms with van der Waals surface area (Å²) in [5, 5.41) is 0. The summed E-state index contributed by atoms with van der Waals surface area (Å²) in [5.74, 6) is 1.96. The Hall–Kier alpha value is -3.47. The molecule has 1 aliphatic heterocycles. The van der Waals surface area contributed by atoms with E-state index in [1.54, 1.807) is 26.9 Å². The number of rotatable bonds is 6. The number of hydrogen-bond donors (Lipinski definition) is 0. The Labute approximate surface area is 226 Å². The summed E-state index contributed by atoms with van der Waals surface area (Å²) in [6.07, 6.45) is 11.0. The van der Waals surface area contributed by atoms with Crippen molar-refractivity contribution in [2.75, 3.05) is 41.0 Å². The number of likely N-dealkylation sites (tertiary alicyclic amines) is 1. The Morgan fingerprint density at radius 2 is 1.30 bits per heavy atom. The first kappa shape index (κ1) is 26.6. The van der Waals surface area contributed by atoms with Crippen LogP contribution >= 0.6 is 12.4 Å². The molecule has 0 unspecified atom stereocenters.